The van der Waals surface area contributed by atoms with Crippen molar-refractivity contribution in [3.8, 4) is 0 Å². The first-order chi connectivity index (χ1) is 14.6. The average molecular weight is 441 g/mol. The van der Waals surface area contributed by atoms with Gasteiger partial charge in [0.1, 0.15) is 27.6 Å². The normalized spacial score (nSPS) is 23.5. The number of amidine groups is 1. The summed E-state index contributed by atoms with van der Waals surface area (Å²) in [5.41, 5.74) is 5.84. The minimum atomic E-state index is -3.62. The van der Waals surface area contributed by atoms with Gasteiger partial charge in [-0.05, 0) is 49.9 Å². The van der Waals surface area contributed by atoms with Crippen LogP contribution in [0.2, 0.25) is 0 Å². The van der Waals surface area contributed by atoms with Crippen LogP contribution < -0.4 is 5.73 Å². The smallest absolute Gasteiger partial charge is 0.205 e. The molecule has 1 atom stereocenters. The first-order valence-corrected chi connectivity index (χ1v) is 11.5. The molecule has 1 aromatic carbocycles. The lowest BCUT2D eigenvalue weighted by atomic mass is 9.82. The number of halogens is 1. The number of Topliss-reactive ketones (excluding diaryl/α,β-unsaturated/α-hetero) is 1. The molecule has 2 heterocycles. The molecule has 0 unspecified atom stereocenters. The fourth-order valence-electron chi connectivity index (χ4n) is 4.26. The van der Waals surface area contributed by atoms with E-state index in [1.54, 1.807) is 6.92 Å². The van der Waals surface area contributed by atoms with Crippen LogP contribution in [-0.2, 0) is 21.8 Å². The molecule has 0 amide bonds. The summed E-state index contributed by atoms with van der Waals surface area (Å²) in [6, 6.07) is 7.14. The van der Waals surface area contributed by atoms with Crippen LogP contribution in [0.15, 0.2) is 41.5 Å². The van der Waals surface area contributed by atoms with Crippen molar-refractivity contribution in [2.24, 2.45) is 10.7 Å². The van der Waals surface area contributed by atoms with E-state index in [9.17, 15) is 17.6 Å². The molecule has 1 spiro atoms. The van der Waals surface area contributed by atoms with Gasteiger partial charge in [-0.25, -0.2) is 17.7 Å². The first kappa shape index (κ1) is 21.1. The van der Waals surface area contributed by atoms with Gasteiger partial charge in [-0.1, -0.05) is 12.1 Å². The van der Waals surface area contributed by atoms with E-state index in [1.165, 1.54) is 36.5 Å². The lowest BCUT2D eigenvalue weighted by Crippen LogP contribution is -2.61. The zero-order chi connectivity index (χ0) is 22.4. The summed E-state index contributed by atoms with van der Waals surface area (Å²) in [5.74, 6) is -1.20. The highest BCUT2D eigenvalue weighted by molar-refractivity contribution is 7.93. The molecule has 1 saturated carbocycles. The summed E-state index contributed by atoms with van der Waals surface area (Å²) in [5, 5.41) is 0. The van der Waals surface area contributed by atoms with Gasteiger partial charge >= 0.3 is 0 Å². The topological polar surface area (TPSA) is 107 Å². The maximum Gasteiger partial charge on any atom is 0.205 e. The van der Waals surface area contributed by atoms with Gasteiger partial charge in [0, 0.05) is 18.2 Å². The molecule has 160 valence electrons. The van der Waals surface area contributed by atoms with Gasteiger partial charge in [0.15, 0.2) is 15.6 Å². The van der Waals surface area contributed by atoms with Crippen molar-refractivity contribution in [2.45, 2.75) is 42.9 Å². The zero-order valence-corrected chi connectivity index (χ0v) is 17.7. The Morgan fingerprint density at radius 1 is 1.29 bits per heavy atom. The maximum atomic E-state index is 14.8. The number of benzene rings is 1. The highest BCUT2D eigenvalue weighted by Crippen LogP contribution is 2.47. The number of hydrogen-bond donors (Lipinski definition) is 1. The van der Waals surface area contributed by atoms with E-state index in [0.29, 0.717) is 24.1 Å². The van der Waals surface area contributed by atoms with Gasteiger partial charge in [0.2, 0.25) is 5.69 Å². The lowest BCUT2D eigenvalue weighted by Gasteiger charge is -2.46. The zero-order valence-electron chi connectivity index (χ0n) is 16.9. The van der Waals surface area contributed by atoms with E-state index >= 15 is 0 Å². The summed E-state index contributed by atoms with van der Waals surface area (Å²) in [4.78, 5) is 24.3. The average Bonchev–Trinajstić information content (AvgIpc) is 2.67. The molecule has 1 fully saturated rings. The first-order valence-electron chi connectivity index (χ1n) is 9.84. The third-order valence-corrected chi connectivity index (χ3v) is 8.95. The number of aromatic nitrogens is 1. The third-order valence-electron chi connectivity index (χ3n) is 6.20. The number of ketones is 1. The number of hydrogen-bond acceptors (Lipinski definition) is 6. The number of rotatable bonds is 4. The quantitative estimate of drug-likeness (QED) is 0.581. The fraction of sp³-hybridized carbons (Fsp3) is 0.364. The fourth-order valence-corrected chi connectivity index (χ4v) is 6.77. The van der Waals surface area contributed by atoms with Crippen molar-refractivity contribution in [1.29, 1.82) is 0 Å². The van der Waals surface area contributed by atoms with Crippen molar-refractivity contribution >= 4 is 27.1 Å². The second kappa shape index (κ2) is 7.24. The molecule has 9 heteroatoms. The predicted octanol–water partition coefficient (Wildman–Crippen LogP) is 3.12. The Labute approximate surface area is 180 Å². The van der Waals surface area contributed by atoms with Crippen molar-refractivity contribution in [3.63, 3.8) is 0 Å². The van der Waals surface area contributed by atoms with Crippen LogP contribution in [0.3, 0.4) is 0 Å². The number of aliphatic imine (C=N–C) groups is 1. The van der Waals surface area contributed by atoms with Crippen molar-refractivity contribution in [2.75, 3.05) is 5.75 Å². The van der Waals surface area contributed by atoms with Gasteiger partial charge in [-0.15, -0.1) is 0 Å². The van der Waals surface area contributed by atoms with Crippen LogP contribution in [0, 0.1) is 12.4 Å². The van der Waals surface area contributed by atoms with E-state index in [0.717, 1.165) is 6.42 Å². The van der Waals surface area contributed by atoms with E-state index in [4.69, 9.17) is 12.3 Å². The van der Waals surface area contributed by atoms with Crippen LogP contribution in [0.4, 0.5) is 10.1 Å². The highest BCUT2D eigenvalue weighted by atomic mass is 32.2. The Morgan fingerprint density at radius 2 is 2.03 bits per heavy atom. The van der Waals surface area contributed by atoms with E-state index in [-0.39, 0.29) is 35.0 Å². The molecule has 7 nitrogen and oxygen atoms in total. The number of pyridine rings is 1. The van der Waals surface area contributed by atoms with Crippen LogP contribution in [0.25, 0.3) is 4.85 Å². The standard InChI is InChI=1S/C22H21FN4O3S/c1-21(13-31(29,30)22(8-3-9-22)20(24)27-21)16-10-14(4-6-17(16)23)11-19(28)18-7-5-15(25-2)12-26-18/h4-7,10,12H,3,8-9,11,13H2,1H3,(H2,24,27)/t21-/m0/s1. The Hall–Kier alpha value is -3.12. The van der Waals surface area contributed by atoms with Crippen LogP contribution in [0.1, 0.15) is 47.8 Å². The van der Waals surface area contributed by atoms with Crippen molar-refractivity contribution in [3.05, 3.63) is 70.6 Å². The van der Waals surface area contributed by atoms with Gasteiger partial charge in [0.05, 0.1) is 12.3 Å². The third kappa shape index (κ3) is 3.41. The Morgan fingerprint density at radius 3 is 2.58 bits per heavy atom. The van der Waals surface area contributed by atoms with Gasteiger partial charge in [0.25, 0.3) is 0 Å². The molecule has 1 aliphatic carbocycles. The van der Waals surface area contributed by atoms with Crippen LogP contribution >= 0.6 is 0 Å². The summed E-state index contributed by atoms with van der Waals surface area (Å²) >= 11 is 0. The minimum Gasteiger partial charge on any atom is -0.386 e. The molecule has 0 radical (unpaired) electrons. The Bertz CT molecular complexity index is 1240. The Kier molecular flexibility index (Phi) is 4.93. The molecule has 1 aliphatic heterocycles. The van der Waals surface area contributed by atoms with Gasteiger partial charge in [-0.2, -0.15) is 0 Å². The predicted molar refractivity (Wildman–Crippen MR) is 114 cm³/mol. The SMILES string of the molecule is [C-]#[N+]c1ccc(C(=O)Cc2ccc(F)c([C@]3(C)CS(=O)(=O)C4(CCC4)C(N)=N3)c2)nc1. The van der Waals surface area contributed by atoms with Crippen LogP contribution in [0.5, 0.6) is 0 Å². The molecule has 2 aromatic rings. The molecule has 4 rings (SSSR count). The van der Waals surface area contributed by atoms with Gasteiger partial charge in [-0.3, -0.25) is 14.8 Å². The molecular formula is C22H21FN4O3S. The lowest BCUT2D eigenvalue weighted by molar-refractivity contribution is 0.0988. The van der Waals surface area contributed by atoms with E-state index < -0.39 is 25.9 Å². The number of nitrogens with two attached hydrogens (primary N) is 1. The molecule has 31 heavy (non-hydrogen) atoms. The number of carbonyl (C=O) groups is 1. The Balaban J connectivity index is 1.66. The summed E-state index contributed by atoms with van der Waals surface area (Å²) < 4.78 is 39.7. The minimum absolute atomic E-state index is 0.0393. The maximum absolute atomic E-state index is 14.8. The second-order valence-electron chi connectivity index (χ2n) is 8.31. The number of carbonyl (C=O) groups excluding carboxylic acids is 1. The monoisotopic (exact) mass is 440 g/mol. The number of sulfone groups is 1. The molecule has 0 saturated heterocycles. The van der Waals surface area contributed by atoms with Crippen LogP contribution in [-0.4, -0.2) is 35.5 Å². The molecule has 2 N–H and O–H groups in total. The summed E-state index contributed by atoms with van der Waals surface area (Å²) in [7, 11) is -3.62. The second-order valence-corrected chi connectivity index (χ2v) is 10.6. The molecule has 0 bridgehead atoms. The van der Waals surface area contributed by atoms with E-state index in [2.05, 4.69) is 14.8 Å². The molecule has 2 aliphatic rings. The summed E-state index contributed by atoms with van der Waals surface area (Å²) in [6.07, 6.45) is 2.92. The van der Waals surface area contributed by atoms with E-state index in [1.807, 2.05) is 0 Å². The number of nitrogens with zero attached hydrogens (tertiary/aromatic N) is 3. The molecular weight excluding hydrogens is 419 g/mol. The highest BCUT2D eigenvalue weighted by Gasteiger charge is 2.58. The summed E-state index contributed by atoms with van der Waals surface area (Å²) in [6.45, 7) is 8.50. The largest absolute Gasteiger partial charge is 0.386 e. The molecule has 1 aromatic heterocycles. The van der Waals surface area contributed by atoms with Gasteiger partial charge < -0.3 is 5.73 Å². The van der Waals surface area contributed by atoms with Crippen molar-refractivity contribution < 1.29 is 17.6 Å². The van der Waals surface area contributed by atoms with Crippen molar-refractivity contribution in [1.82, 2.24) is 4.98 Å².